The molecule has 0 aromatic heterocycles. The Balaban J connectivity index is 1.97. The summed E-state index contributed by atoms with van der Waals surface area (Å²) in [6.07, 6.45) is 3.99. The van der Waals surface area contributed by atoms with Gasteiger partial charge in [-0.05, 0) is 64.4 Å². The third kappa shape index (κ3) is 4.22. The van der Waals surface area contributed by atoms with Crippen molar-refractivity contribution in [2.24, 2.45) is 0 Å². The lowest BCUT2D eigenvalue weighted by Crippen LogP contribution is -2.28. The molecule has 19 heavy (non-hydrogen) atoms. The van der Waals surface area contributed by atoms with Gasteiger partial charge in [-0.2, -0.15) is 0 Å². The van der Waals surface area contributed by atoms with Crippen molar-refractivity contribution in [3.8, 4) is 5.75 Å². The van der Waals surface area contributed by atoms with Gasteiger partial charge in [0.05, 0.1) is 6.10 Å². The van der Waals surface area contributed by atoms with Crippen molar-refractivity contribution in [1.82, 2.24) is 10.6 Å². The van der Waals surface area contributed by atoms with E-state index in [2.05, 4.69) is 48.7 Å². The van der Waals surface area contributed by atoms with Crippen LogP contribution < -0.4 is 15.4 Å². The van der Waals surface area contributed by atoms with Crippen LogP contribution >= 0.6 is 0 Å². The molecule has 1 fully saturated rings. The molecule has 2 atom stereocenters. The Morgan fingerprint density at radius 3 is 2.58 bits per heavy atom. The molecule has 2 unspecified atom stereocenters. The maximum Gasteiger partial charge on any atom is 0.119 e. The Morgan fingerprint density at radius 2 is 2.05 bits per heavy atom. The van der Waals surface area contributed by atoms with E-state index < -0.39 is 0 Å². The van der Waals surface area contributed by atoms with E-state index in [4.69, 9.17) is 4.74 Å². The highest BCUT2D eigenvalue weighted by Gasteiger charge is 2.19. The predicted molar refractivity (Wildman–Crippen MR) is 79.6 cm³/mol. The highest BCUT2D eigenvalue weighted by molar-refractivity contribution is 5.29. The molecule has 1 aliphatic rings. The zero-order chi connectivity index (χ0) is 13.7. The third-order valence-corrected chi connectivity index (χ3v) is 3.69. The fourth-order valence-corrected chi connectivity index (χ4v) is 2.71. The smallest absolute Gasteiger partial charge is 0.119 e. The molecule has 1 heterocycles. The van der Waals surface area contributed by atoms with Crippen LogP contribution in [0.3, 0.4) is 0 Å². The Labute approximate surface area is 116 Å². The van der Waals surface area contributed by atoms with Crippen LogP contribution in [0.4, 0.5) is 0 Å². The van der Waals surface area contributed by atoms with Gasteiger partial charge >= 0.3 is 0 Å². The summed E-state index contributed by atoms with van der Waals surface area (Å²) in [5, 5.41) is 6.99. The van der Waals surface area contributed by atoms with Crippen LogP contribution in [0, 0.1) is 0 Å². The summed E-state index contributed by atoms with van der Waals surface area (Å²) in [5.41, 5.74) is 1.34. The van der Waals surface area contributed by atoms with Gasteiger partial charge in [0.1, 0.15) is 5.75 Å². The molecule has 1 aliphatic heterocycles. The number of benzene rings is 1. The van der Waals surface area contributed by atoms with Gasteiger partial charge in [0.2, 0.25) is 0 Å². The molecule has 0 saturated carbocycles. The molecule has 0 radical (unpaired) electrons. The van der Waals surface area contributed by atoms with Crippen molar-refractivity contribution in [2.75, 3.05) is 13.6 Å². The van der Waals surface area contributed by atoms with E-state index in [1.165, 1.54) is 24.9 Å². The van der Waals surface area contributed by atoms with Crippen LogP contribution in [0.2, 0.25) is 0 Å². The highest BCUT2D eigenvalue weighted by Crippen LogP contribution is 2.24. The second-order valence-electron chi connectivity index (χ2n) is 5.61. The molecule has 0 bridgehead atoms. The average molecular weight is 262 g/mol. The molecule has 2 rings (SSSR count). The Bertz CT molecular complexity index is 369. The van der Waals surface area contributed by atoms with Crippen molar-refractivity contribution < 1.29 is 4.74 Å². The first-order chi connectivity index (χ1) is 9.19. The van der Waals surface area contributed by atoms with Gasteiger partial charge < -0.3 is 15.4 Å². The van der Waals surface area contributed by atoms with Crippen LogP contribution in [0.15, 0.2) is 24.3 Å². The predicted octanol–water partition coefficient (Wildman–Crippen LogP) is 2.88. The molecule has 0 aliphatic carbocycles. The molecule has 106 valence electrons. The van der Waals surface area contributed by atoms with E-state index in [1.54, 1.807) is 0 Å². The van der Waals surface area contributed by atoms with E-state index in [0.29, 0.717) is 12.1 Å². The zero-order valence-electron chi connectivity index (χ0n) is 12.3. The van der Waals surface area contributed by atoms with Crippen molar-refractivity contribution >= 4 is 0 Å². The van der Waals surface area contributed by atoms with Crippen molar-refractivity contribution in [3.63, 3.8) is 0 Å². The summed E-state index contributed by atoms with van der Waals surface area (Å²) < 4.78 is 5.68. The molecular weight excluding hydrogens is 236 g/mol. The van der Waals surface area contributed by atoms with Crippen molar-refractivity contribution in [3.05, 3.63) is 29.8 Å². The van der Waals surface area contributed by atoms with Gasteiger partial charge in [0.25, 0.3) is 0 Å². The van der Waals surface area contributed by atoms with E-state index in [0.717, 1.165) is 12.2 Å². The lowest BCUT2D eigenvalue weighted by Gasteiger charge is -2.21. The van der Waals surface area contributed by atoms with Gasteiger partial charge in [0.15, 0.2) is 0 Å². The molecule has 3 nitrogen and oxygen atoms in total. The first-order valence-electron chi connectivity index (χ1n) is 7.36. The van der Waals surface area contributed by atoms with E-state index in [-0.39, 0.29) is 6.10 Å². The molecule has 0 spiro atoms. The number of hydrogen-bond donors (Lipinski definition) is 2. The standard InChI is InChI=1S/C16H26N2O/c1-12(2)19-15-8-6-13(7-9-15)16(17-3)11-14-5-4-10-18-14/h6-9,12,14,16-18H,4-5,10-11H2,1-3H3. The highest BCUT2D eigenvalue weighted by atomic mass is 16.5. The summed E-state index contributed by atoms with van der Waals surface area (Å²) in [4.78, 5) is 0. The Hall–Kier alpha value is -1.06. The van der Waals surface area contributed by atoms with Gasteiger partial charge in [-0.1, -0.05) is 12.1 Å². The van der Waals surface area contributed by atoms with Crippen molar-refractivity contribution in [2.45, 2.75) is 51.3 Å². The molecule has 0 amide bonds. The van der Waals surface area contributed by atoms with Gasteiger partial charge in [0, 0.05) is 12.1 Å². The summed E-state index contributed by atoms with van der Waals surface area (Å²) in [6, 6.07) is 9.57. The van der Waals surface area contributed by atoms with Crippen molar-refractivity contribution in [1.29, 1.82) is 0 Å². The second-order valence-corrected chi connectivity index (χ2v) is 5.61. The molecule has 1 saturated heterocycles. The number of rotatable bonds is 6. The quantitative estimate of drug-likeness (QED) is 0.827. The average Bonchev–Trinajstić information content (AvgIpc) is 2.89. The molecule has 1 aromatic carbocycles. The fraction of sp³-hybridized carbons (Fsp3) is 0.625. The van der Waals surface area contributed by atoms with Gasteiger partial charge in [-0.25, -0.2) is 0 Å². The minimum absolute atomic E-state index is 0.230. The van der Waals surface area contributed by atoms with Gasteiger partial charge in [-0.15, -0.1) is 0 Å². The number of nitrogens with one attached hydrogen (secondary N) is 2. The monoisotopic (exact) mass is 262 g/mol. The minimum atomic E-state index is 0.230. The number of hydrogen-bond acceptors (Lipinski definition) is 3. The third-order valence-electron chi connectivity index (χ3n) is 3.69. The molecule has 3 heteroatoms. The summed E-state index contributed by atoms with van der Waals surface area (Å²) in [5.74, 6) is 0.951. The lowest BCUT2D eigenvalue weighted by atomic mass is 9.98. The van der Waals surface area contributed by atoms with Crippen LogP contribution in [0.25, 0.3) is 0 Å². The summed E-state index contributed by atoms with van der Waals surface area (Å²) in [6.45, 7) is 5.27. The molecule has 2 N–H and O–H groups in total. The van der Waals surface area contributed by atoms with Crippen LogP contribution in [0.5, 0.6) is 5.75 Å². The minimum Gasteiger partial charge on any atom is -0.491 e. The normalized spacial score (nSPS) is 20.7. The van der Waals surface area contributed by atoms with Gasteiger partial charge in [-0.3, -0.25) is 0 Å². The SMILES string of the molecule is CNC(CC1CCCN1)c1ccc(OC(C)C)cc1. The summed E-state index contributed by atoms with van der Waals surface area (Å²) >= 11 is 0. The fourth-order valence-electron chi connectivity index (χ4n) is 2.71. The first-order valence-corrected chi connectivity index (χ1v) is 7.36. The largest absolute Gasteiger partial charge is 0.491 e. The second kappa shape index (κ2) is 6.92. The van der Waals surface area contributed by atoms with E-state index >= 15 is 0 Å². The summed E-state index contributed by atoms with van der Waals surface area (Å²) in [7, 11) is 2.04. The maximum atomic E-state index is 5.68. The zero-order valence-corrected chi connectivity index (χ0v) is 12.3. The number of ether oxygens (including phenoxy) is 1. The van der Waals surface area contributed by atoms with E-state index in [1.807, 2.05) is 7.05 Å². The van der Waals surface area contributed by atoms with Crippen LogP contribution in [0.1, 0.15) is 44.7 Å². The maximum absolute atomic E-state index is 5.68. The lowest BCUT2D eigenvalue weighted by molar-refractivity contribution is 0.242. The van der Waals surface area contributed by atoms with Crippen LogP contribution in [-0.2, 0) is 0 Å². The van der Waals surface area contributed by atoms with Crippen LogP contribution in [-0.4, -0.2) is 25.7 Å². The Kier molecular flexibility index (Phi) is 5.23. The first kappa shape index (κ1) is 14.4. The Morgan fingerprint density at radius 1 is 1.32 bits per heavy atom. The van der Waals surface area contributed by atoms with E-state index in [9.17, 15) is 0 Å². The molecule has 1 aromatic rings. The molecular formula is C16H26N2O. The topological polar surface area (TPSA) is 33.3 Å².